The number of para-hydroxylation sites is 1. The van der Waals surface area contributed by atoms with Crippen LogP contribution in [0.15, 0.2) is 42.5 Å². The predicted octanol–water partition coefficient (Wildman–Crippen LogP) is 2.88. The number of amides is 1. The third-order valence-corrected chi connectivity index (χ3v) is 6.05. The molecule has 1 amide bonds. The Hall–Kier alpha value is -2.57. The minimum Gasteiger partial charge on any atom is -0.495 e. The van der Waals surface area contributed by atoms with E-state index in [0.29, 0.717) is 0 Å². The van der Waals surface area contributed by atoms with Gasteiger partial charge in [-0.3, -0.25) is 9.69 Å². The molecule has 0 unspecified atom stereocenters. The minimum absolute atomic E-state index is 0.0827. The Balaban J connectivity index is 1.78. The number of hydrogen-bond donors (Lipinski definition) is 1. The summed E-state index contributed by atoms with van der Waals surface area (Å²) in [6.07, 6.45) is 0.781. The number of anilines is 1. The SMILES string of the molecule is CCN(CC)C(=O)c1ccc(Cc2cccc(OC)c2N2CCN(CCO)CC2)cc1. The lowest BCUT2D eigenvalue weighted by molar-refractivity contribution is 0.0773. The van der Waals surface area contributed by atoms with Crippen molar-refractivity contribution < 1.29 is 14.6 Å². The van der Waals surface area contributed by atoms with Crippen molar-refractivity contribution in [1.82, 2.24) is 9.80 Å². The van der Waals surface area contributed by atoms with E-state index < -0.39 is 0 Å². The summed E-state index contributed by atoms with van der Waals surface area (Å²) in [7, 11) is 1.72. The molecule has 31 heavy (non-hydrogen) atoms. The van der Waals surface area contributed by atoms with Crippen molar-refractivity contribution in [3.63, 3.8) is 0 Å². The van der Waals surface area contributed by atoms with Gasteiger partial charge in [-0.15, -0.1) is 0 Å². The van der Waals surface area contributed by atoms with Crippen molar-refractivity contribution in [3.05, 3.63) is 59.2 Å². The Morgan fingerprint density at radius 2 is 1.71 bits per heavy atom. The molecule has 1 saturated heterocycles. The predicted molar refractivity (Wildman–Crippen MR) is 125 cm³/mol. The van der Waals surface area contributed by atoms with Gasteiger partial charge in [-0.1, -0.05) is 24.3 Å². The number of carbonyl (C=O) groups excluding carboxylic acids is 1. The standard InChI is InChI=1S/C25H35N3O3/c1-4-27(5-2)25(30)21-11-9-20(10-12-21)19-22-7-6-8-23(31-3)24(22)28-15-13-26(14-16-28)17-18-29/h6-12,29H,4-5,13-19H2,1-3H3. The highest BCUT2D eigenvalue weighted by atomic mass is 16.5. The lowest BCUT2D eigenvalue weighted by atomic mass is 10.00. The average Bonchev–Trinajstić information content (AvgIpc) is 2.81. The first-order chi connectivity index (χ1) is 15.1. The van der Waals surface area contributed by atoms with Gasteiger partial charge in [0.05, 0.1) is 19.4 Å². The fourth-order valence-electron chi connectivity index (χ4n) is 4.25. The van der Waals surface area contributed by atoms with Crippen molar-refractivity contribution in [3.8, 4) is 5.75 Å². The fourth-order valence-corrected chi connectivity index (χ4v) is 4.25. The second-order valence-electron chi connectivity index (χ2n) is 7.87. The van der Waals surface area contributed by atoms with Crippen LogP contribution in [0.3, 0.4) is 0 Å². The summed E-state index contributed by atoms with van der Waals surface area (Å²) < 4.78 is 5.71. The molecule has 0 atom stereocenters. The molecule has 6 heteroatoms. The molecule has 0 aromatic heterocycles. The fraction of sp³-hybridized carbons (Fsp3) is 0.480. The van der Waals surface area contributed by atoms with Crippen LogP contribution >= 0.6 is 0 Å². The molecule has 0 saturated carbocycles. The van der Waals surface area contributed by atoms with Gasteiger partial charge in [0, 0.05) is 51.4 Å². The van der Waals surface area contributed by atoms with Crippen molar-refractivity contribution in [2.24, 2.45) is 0 Å². The molecule has 0 bridgehead atoms. The number of carbonyl (C=O) groups is 1. The molecular weight excluding hydrogens is 390 g/mol. The molecule has 3 rings (SSSR count). The van der Waals surface area contributed by atoms with Crippen molar-refractivity contribution in [2.45, 2.75) is 20.3 Å². The zero-order valence-corrected chi connectivity index (χ0v) is 19.0. The van der Waals surface area contributed by atoms with Gasteiger partial charge in [-0.2, -0.15) is 0 Å². The van der Waals surface area contributed by atoms with E-state index >= 15 is 0 Å². The molecule has 1 aliphatic rings. The van der Waals surface area contributed by atoms with Crippen LogP contribution in [0.4, 0.5) is 5.69 Å². The first-order valence-electron chi connectivity index (χ1n) is 11.2. The van der Waals surface area contributed by atoms with Crippen LogP contribution in [-0.4, -0.2) is 80.3 Å². The van der Waals surface area contributed by atoms with E-state index in [1.165, 1.54) is 11.1 Å². The molecule has 0 spiro atoms. The van der Waals surface area contributed by atoms with Gasteiger partial charge in [0.2, 0.25) is 0 Å². The highest BCUT2D eigenvalue weighted by molar-refractivity contribution is 5.94. The molecule has 168 valence electrons. The smallest absolute Gasteiger partial charge is 0.253 e. The van der Waals surface area contributed by atoms with Crippen LogP contribution in [0.25, 0.3) is 0 Å². The lowest BCUT2D eigenvalue weighted by Crippen LogP contribution is -2.47. The number of piperazine rings is 1. The highest BCUT2D eigenvalue weighted by Crippen LogP contribution is 2.34. The van der Waals surface area contributed by atoms with E-state index in [0.717, 1.165) is 69.2 Å². The summed E-state index contributed by atoms with van der Waals surface area (Å²) in [6.45, 7) is 10.0. The summed E-state index contributed by atoms with van der Waals surface area (Å²) in [5.74, 6) is 0.973. The maximum Gasteiger partial charge on any atom is 0.253 e. The Morgan fingerprint density at radius 1 is 1.03 bits per heavy atom. The number of benzene rings is 2. The van der Waals surface area contributed by atoms with E-state index in [9.17, 15) is 9.90 Å². The van der Waals surface area contributed by atoms with Crippen LogP contribution < -0.4 is 9.64 Å². The topological polar surface area (TPSA) is 56.2 Å². The Morgan fingerprint density at radius 3 is 2.29 bits per heavy atom. The summed E-state index contributed by atoms with van der Waals surface area (Å²) in [6, 6.07) is 14.2. The molecule has 0 aliphatic carbocycles. The van der Waals surface area contributed by atoms with Gasteiger partial charge in [0.25, 0.3) is 5.91 Å². The van der Waals surface area contributed by atoms with Gasteiger partial charge in [-0.25, -0.2) is 0 Å². The van der Waals surface area contributed by atoms with Crippen LogP contribution in [0.1, 0.15) is 35.3 Å². The Bertz CT molecular complexity index is 842. The molecule has 1 aliphatic heterocycles. The van der Waals surface area contributed by atoms with Crippen LogP contribution in [-0.2, 0) is 6.42 Å². The van der Waals surface area contributed by atoms with Crippen LogP contribution in [0.2, 0.25) is 0 Å². The zero-order chi connectivity index (χ0) is 22.2. The second kappa shape index (κ2) is 11.2. The number of methoxy groups -OCH3 is 1. The third-order valence-electron chi connectivity index (χ3n) is 6.05. The van der Waals surface area contributed by atoms with Crippen molar-refractivity contribution in [1.29, 1.82) is 0 Å². The Labute approximate surface area is 186 Å². The first-order valence-corrected chi connectivity index (χ1v) is 11.2. The normalized spacial score (nSPS) is 14.5. The highest BCUT2D eigenvalue weighted by Gasteiger charge is 2.22. The zero-order valence-electron chi connectivity index (χ0n) is 19.0. The average molecular weight is 426 g/mol. The molecule has 2 aromatic carbocycles. The summed E-state index contributed by atoms with van der Waals surface area (Å²) in [5, 5.41) is 9.21. The van der Waals surface area contributed by atoms with Gasteiger partial charge in [0.15, 0.2) is 0 Å². The molecule has 1 heterocycles. The van der Waals surface area contributed by atoms with Gasteiger partial charge < -0.3 is 19.6 Å². The lowest BCUT2D eigenvalue weighted by Gasteiger charge is -2.37. The van der Waals surface area contributed by atoms with Gasteiger partial charge in [-0.05, 0) is 49.6 Å². The van der Waals surface area contributed by atoms with E-state index in [-0.39, 0.29) is 12.5 Å². The molecule has 6 nitrogen and oxygen atoms in total. The maximum absolute atomic E-state index is 12.6. The summed E-state index contributed by atoms with van der Waals surface area (Å²) in [5.41, 5.74) is 4.28. The minimum atomic E-state index is 0.0827. The molecule has 1 fully saturated rings. The summed E-state index contributed by atoms with van der Waals surface area (Å²) >= 11 is 0. The number of aliphatic hydroxyl groups is 1. The number of nitrogens with zero attached hydrogens (tertiary/aromatic N) is 3. The largest absolute Gasteiger partial charge is 0.495 e. The molecule has 2 aromatic rings. The third kappa shape index (κ3) is 5.57. The van der Waals surface area contributed by atoms with Crippen molar-refractivity contribution in [2.75, 3.05) is 64.4 Å². The second-order valence-corrected chi connectivity index (χ2v) is 7.87. The van der Waals surface area contributed by atoms with Gasteiger partial charge in [0.1, 0.15) is 5.75 Å². The number of aliphatic hydroxyl groups excluding tert-OH is 1. The monoisotopic (exact) mass is 425 g/mol. The van der Waals surface area contributed by atoms with Crippen molar-refractivity contribution >= 4 is 11.6 Å². The molecule has 1 N–H and O–H groups in total. The number of hydrogen-bond acceptors (Lipinski definition) is 5. The van der Waals surface area contributed by atoms with E-state index in [1.807, 2.05) is 43.0 Å². The number of rotatable bonds is 9. The quantitative estimate of drug-likeness (QED) is 0.670. The maximum atomic E-state index is 12.6. The van der Waals surface area contributed by atoms with Gasteiger partial charge >= 0.3 is 0 Å². The summed E-state index contributed by atoms with van der Waals surface area (Å²) in [4.78, 5) is 19.1. The number of β-amino-alcohol motifs (C(OH)–C–C–N with tert-alkyl or cyclic N) is 1. The molecule has 0 radical (unpaired) electrons. The van der Waals surface area contributed by atoms with E-state index in [4.69, 9.17) is 4.74 Å². The first kappa shape index (κ1) is 23.1. The van der Waals surface area contributed by atoms with Crippen LogP contribution in [0, 0.1) is 0 Å². The van der Waals surface area contributed by atoms with Crippen LogP contribution in [0.5, 0.6) is 5.75 Å². The van der Waals surface area contributed by atoms with E-state index in [2.05, 4.69) is 28.0 Å². The van der Waals surface area contributed by atoms with E-state index in [1.54, 1.807) is 7.11 Å². The Kier molecular flexibility index (Phi) is 8.32. The number of ether oxygens (including phenoxy) is 1. The molecular formula is C25H35N3O3.